The molecule has 1 amide bonds. The number of rotatable bonds is 6. The van der Waals surface area contributed by atoms with Gasteiger partial charge in [0, 0.05) is 32.1 Å². The Morgan fingerprint density at radius 1 is 1.20 bits per heavy atom. The Bertz CT molecular complexity index is 1380. The summed E-state index contributed by atoms with van der Waals surface area (Å²) in [6, 6.07) is 10.0. The van der Waals surface area contributed by atoms with E-state index < -0.39 is 15.9 Å². The molecule has 1 saturated heterocycles. The highest BCUT2D eigenvalue weighted by Crippen LogP contribution is 2.33. The number of nitrogens with one attached hydrogen (secondary N) is 1. The molecule has 1 fully saturated rings. The average molecular weight is 519 g/mol. The van der Waals surface area contributed by atoms with Crippen molar-refractivity contribution in [2.75, 3.05) is 19.9 Å². The number of piperidine rings is 1. The fraction of sp³-hybridized carbons (Fsp3) is 0.348. The van der Waals surface area contributed by atoms with Crippen LogP contribution in [-0.2, 0) is 21.4 Å². The highest BCUT2D eigenvalue weighted by molar-refractivity contribution is 7.89. The van der Waals surface area contributed by atoms with Gasteiger partial charge >= 0.3 is 0 Å². The van der Waals surface area contributed by atoms with Crippen LogP contribution in [0.2, 0.25) is 5.02 Å². The maximum atomic E-state index is 13.5. The predicted octanol–water partition coefficient (Wildman–Crippen LogP) is 3.14. The molecule has 0 bridgehead atoms. The molecule has 2 aliphatic rings. The summed E-state index contributed by atoms with van der Waals surface area (Å²) in [5.41, 5.74) is 1.34. The summed E-state index contributed by atoms with van der Waals surface area (Å²) in [4.78, 5) is 17.0. The number of hydrogen-bond donors (Lipinski definition) is 1. The zero-order chi connectivity index (χ0) is 24.6. The number of carbonyl (C=O) groups is 1. The molecule has 0 spiro atoms. The monoisotopic (exact) mass is 518 g/mol. The van der Waals surface area contributed by atoms with Crippen molar-refractivity contribution in [3.05, 3.63) is 52.9 Å². The number of halogens is 1. The smallest absolute Gasteiger partial charge is 0.244 e. The van der Waals surface area contributed by atoms with Gasteiger partial charge in [0.1, 0.15) is 4.90 Å². The van der Waals surface area contributed by atoms with E-state index in [4.69, 9.17) is 25.6 Å². The lowest BCUT2D eigenvalue weighted by atomic mass is 9.98. The summed E-state index contributed by atoms with van der Waals surface area (Å²) in [7, 11) is -3.95. The van der Waals surface area contributed by atoms with Crippen LogP contribution in [0, 0.1) is 12.8 Å². The Morgan fingerprint density at radius 2 is 2.03 bits per heavy atom. The lowest BCUT2D eigenvalue weighted by molar-refractivity contribution is -0.126. The maximum absolute atomic E-state index is 13.5. The molecule has 12 heteroatoms. The van der Waals surface area contributed by atoms with Crippen LogP contribution in [0.15, 0.2) is 45.8 Å². The molecule has 35 heavy (non-hydrogen) atoms. The summed E-state index contributed by atoms with van der Waals surface area (Å²) in [5, 5.41) is 6.84. The van der Waals surface area contributed by atoms with Crippen LogP contribution >= 0.6 is 11.6 Å². The fourth-order valence-electron chi connectivity index (χ4n) is 4.15. The molecule has 1 atom stereocenters. The van der Waals surface area contributed by atoms with Crippen LogP contribution in [0.5, 0.6) is 11.5 Å². The number of aryl methyl sites for hydroxylation is 1. The number of amides is 1. The zero-order valence-corrected chi connectivity index (χ0v) is 20.4. The molecule has 3 aromatic rings. The summed E-state index contributed by atoms with van der Waals surface area (Å²) in [6.07, 6.45) is 1.15. The molecule has 2 aromatic carbocycles. The van der Waals surface area contributed by atoms with Crippen molar-refractivity contribution in [2.45, 2.75) is 31.2 Å². The third-order valence-electron chi connectivity index (χ3n) is 5.99. The molecule has 0 radical (unpaired) electrons. The quantitative estimate of drug-likeness (QED) is 0.527. The lowest BCUT2D eigenvalue weighted by Crippen LogP contribution is -2.45. The number of ether oxygens (including phenoxy) is 2. The van der Waals surface area contributed by atoms with Crippen molar-refractivity contribution in [2.24, 2.45) is 5.92 Å². The Hall–Kier alpha value is -3.15. The molecule has 3 heterocycles. The minimum absolute atomic E-state index is 0.0551. The molecule has 1 N–H and O–H groups in total. The molecule has 0 unspecified atom stereocenters. The van der Waals surface area contributed by atoms with Gasteiger partial charge in [-0.25, -0.2) is 8.42 Å². The summed E-state index contributed by atoms with van der Waals surface area (Å²) < 4.78 is 43.9. The number of benzene rings is 2. The van der Waals surface area contributed by atoms with Crippen LogP contribution in [0.25, 0.3) is 11.4 Å². The van der Waals surface area contributed by atoms with Gasteiger partial charge in [-0.05, 0) is 48.7 Å². The summed E-state index contributed by atoms with van der Waals surface area (Å²) in [5.74, 6) is 1.27. The van der Waals surface area contributed by atoms with E-state index in [1.165, 1.54) is 16.4 Å². The first-order chi connectivity index (χ1) is 16.8. The van der Waals surface area contributed by atoms with E-state index in [1.807, 2.05) is 12.1 Å². The van der Waals surface area contributed by atoms with Gasteiger partial charge in [0.05, 0.1) is 10.9 Å². The van der Waals surface area contributed by atoms with E-state index in [0.29, 0.717) is 48.9 Å². The Kier molecular flexibility index (Phi) is 6.39. The minimum atomic E-state index is -3.95. The van der Waals surface area contributed by atoms with Crippen LogP contribution in [0.3, 0.4) is 0 Å². The third-order valence-corrected chi connectivity index (χ3v) is 8.34. The van der Waals surface area contributed by atoms with Gasteiger partial charge in [-0.3, -0.25) is 4.79 Å². The summed E-state index contributed by atoms with van der Waals surface area (Å²) >= 11 is 6.28. The van der Waals surface area contributed by atoms with Gasteiger partial charge in [0.25, 0.3) is 0 Å². The van der Waals surface area contributed by atoms with Crippen LogP contribution < -0.4 is 14.8 Å². The topological polar surface area (TPSA) is 124 Å². The van der Waals surface area contributed by atoms with Crippen LogP contribution in [0.4, 0.5) is 0 Å². The number of carbonyl (C=O) groups excluding carboxylic acids is 1. The second-order valence-electron chi connectivity index (χ2n) is 8.39. The van der Waals surface area contributed by atoms with Gasteiger partial charge in [-0.1, -0.05) is 22.8 Å². The van der Waals surface area contributed by atoms with Crippen molar-refractivity contribution in [1.29, 1.82) is 0 Å². The van der Waals surface area contributed by atoms with Gasteiger partial charge < -0.3 is 19.3 Å². The Morgan fingerprint density at radius 3 is 2.83 bits per heavy atom. The minimum Gasteiger partial charge on any atom is -0.454 e. The van der Waals surface area contributed by atoms with Crippen LogP contribution in [-0.4, -0.2) is 48.7 Å². The first-order valence-corrected chi connectivity index (χ1v) is 12.9. The highest BCUT2D eigenvalue weighted by Gasteiger charge is 2.34. The van der Waals surface area contributed by atoms with Crippen molar-refractivity contribution in [3.8, 4) is 22.9 Å². The molecular weight excluding hydrogens is 496 g/mol. The normalized spacial score (nSPS) is 17.9. The summed E-state index contributed by atoms with van der Waals surface area (Å²) in [6.45, 7) is 2.50. The largest absolute Gasteiger partial charge is 0.454 e. The second kappa shape index (κ2) is 9.48. The number of aromatic nitrogens is 2. The van der Waals surface area contributed by atoms with E-state index in [2.05, 4.69) is 15.5 Å². The predicted molar refractivity (Wildman–Crippen MR) is 125 cm³/mol. The first-order valence-electron chi connectivity index (χ1n) is 11.1. The van der Waals surface area contributed by atoms with E-state index >= 15 is 0 Å². The van der Waals surface area contributed by atoms with Gasteiger partial charge in [-0.15, -0.1) is 0 Å². The van der Waals surface area contributed by atoms with Gasteiger partial charge in [-0.2, -0.15) is 9.29 Å². The number of hydrogen-bond acceptors (Lipinski definition) is 8. The Balaban J connectivity index is 1.28. The van der Waals surface area contributed by atoms with Gasteiger partial charge in [0.15, 0.2) is 11.5 Å². The molecule has 184 valence electrons. The maximum Gasteiger partial charge on any atom is 0.244 e. The molecule has 5 rings (SSSR count). The Labute approximate surface area is 207 Å². The van der Waals surface area contributed by atoms with E-state index in [-0.39, 0.29) is 35.0 Å². The molecular formula is C23H23ClN4O6S. The van der Waals surface area contributed by atoms with E-state index in [1.54, 1.807) is 19.1 Å². The lowest BCUT2D eigenvalue weighted by Gasteiger charge is -2.31. The first kappa shape index (κ1) is 23.6. The van der Waals surface area contributed by atoms with Crippen molar-refractivity contribution in [3.63, 3.8) is 0 Å². The fourth-order valence-corrected chi connectivity index (χ4v) is 6.18. The number of sulfonamides is 1. The van der Waals surface area contributed by atoms with Crippen LogP contribution in [0.1, 0.15) is 24.3 Å². The van der Waals surface area contributed by atoms with Gasteiger partial charge in [0.2, 0.25) is 34.4 Å². The molecule has 10 nitrogen and oxygen atoms in total. The van der Waals surface area contributed by atoms with Crippen molar-refractivity contribution >= 4 is 27.5 Å². The SMILES string of the molecule is Cc1nc(-c2ccc(Cl)c(S(=O)(=O)N3CCC[C@@H](C(=O)NCc4ccc5c(c4)OCO5)C3)c2)no1. The zero-order valence-electron chi connectivity index (χ0n) is 18.9. The number of fused-ring (bicyclic) bond motifs is 1. The third kappa shape index (κ3) is 4.84. The standard InChI is InChI=1S/C23H23ClN4O6S/c1-14-26-22(27-34-14)16-5-6-18(24)21(10-16)35(30,31)28-8-2-3-17(12-28)23(29)25-11-15-4-7-19-20(9-15)33-13-32-19/h4-7,9-10,17H,2-3,8,11-13H2,1H3,(H,25,29)/t17-/m1/s1. The molecule has 2 aliphatic heterocycles. The molecule has 0 saturated carbocycles. The van der Waals surface area contributed by atoms with Crippen molar-refractivity contribution < 1.29 is 27.2 Å². The number of nitrogens with zero attached hydrogens (tertiary/aromatic N) is 3. The van der Waals surface area contributed by atoms with E-state index in [9.17, 15) is 13.2 Å². The average Bonchev–Trinajstić information content (AvgIpc) is 3.51. The van der Waals surface area contributed by atoms with Crippen molar-refractivity contribution in [1.82, 2.24) is 19.8 Å². The molecule has 0 aliphatic carbocycles. The van der Waals surface area contributed by atoms with E-state index in [0.717, 1.165) is 5.56 Å². The molecule has 1 aromatic heterocycles. The second-order valence-corrected chi connectivity index (χ2v) is 10.7. The highest BCUT2D eigenvalue weighted by atomic mass is 35.5.